The predicted octanol–water partition coefficient (Wildman–Crippen LogP) is 4.33. The molecule has 0 unspecified atom stereocenters. The van der Waals surface area contributed by atoms with Gasteiger partial charge in [0.15, 0.2) is 0 Å². The van der Waals surface area contributed by atoms with Gasteiger partial charge in [0.1, 0.15) is 0 Å². The van der Waals surface area contributed by atoms with E-state index in [1.165, 1.54) is 31.4 Å². The Kier molecular flexibility index (Phi) is 4.40. The van der Waals surface area contributed by atoms with Crippen LogP contribution in [0.4, 0.5) is 0 Å². The van der Waals surface area contributed by atoms with Crippen molar-refractivity contribution in [2.24, 2.45) is 5.92 Å². The SMILES string of the molecule is CN(C)CC[C@H]1CCc2ccccc2[C@H]1c1ccccc1. The molecule has 1 nitrogen and oxygen atoms in total. The maximum Gasteiger partial charge on any atom is 0.0121 e. The smallest absolute Gasteiger partial charge is 0.0121 e. The minimum Gasteiger partial charge on any atom is -0.309 e. The van der Waals surface area contributed by atoms with Crippen molar-refractivity contribution in [2.75, 3.05) is 20.6 Å². The molecule has 0 saturated heterocycles. The lowest BCUT2D eigenvalue weighted by atomic mass is 9.70. The minimum atomic E-state index is 0.566. The Hall–Kier alpha value is -1.60. The van der Waals surface area contributed by atoms with Gasteiger partial charge in [0, 0.05) is 5.92 Å². The average molecular weight is 279 g/mol. The van der Waals surface area contributed by atoms with E-state index in [9.17, 15) is 0 Å². The van der Waals surface area contributed by atoms with Gasteiger partial charge in [-0.05, 0) is 62.5 Å². The minimum absolute atomic E-state index is 0.566. The molecule has 0 saturated carbocycles. The van der Waals surface area contributed by atoms with E-state index in [1.54, 1.807) is 11.1 Å². The first-order chi connectivity index (χ1) is 10.3. The van der Waals surface area contributed by atoms with Crippen LogP contribution in [0.2, 0.25) is 0 Å². The zero-order chi connectivity index (χ0) is 14.7. The molecule has 0 aliphatic heterocycles. The van der Waals surface area contributed by atoms with Crippen molar-refractivity contribution in [3.63, 3.8) is 0 Å². The van der Waals surface area contributed by atoms with Crippen LogP contribution in [0.3, 0.4) is 0 Å². The van der Waals surface area contributed by atoms with Gasteiger partial charge in [0.2, 0.25) is 0 Å². The van der Waals surface area contributed by atoms with Crippen LogP contribution >= 0.6 is 0 Å². The van der Waals surface area contributed by atoms with Crippen molar-refractivity contribution >= 4 is 0 Å². The third-order valence-corrected chi connectivity index (χ3v) is 4.75. The van der Waals surface area contributed by atoms with E-state index >= 15 is 0 Å². The van der Waals surface area contributed by atoms with Crippen LogP contribution in [0.5, 0.6) is 0 Å². The summed E-state index contributed by atoms with van der Waals surface area (Å²) in [6, 6.07) is 20.1. The van der Waals surface area contributed by atoms with Crippen LogP contribution < -0.4 is 0 Å². The molecule has 2 atom stereocenters. The Morgan fingerprint density at radius 1 is 0.952 bits per heavy atom. The summed E-state index contributed by atoms with van der Waals surface area (Å²) in [6.45, 7) is 1.18. The van der Waals surface area contributed by atoms with Crippen LogP contribution in [0.25, 0.3) is 0 Å². The van der Waals surface area contributed by atoms with E-state index in [2.05, 4.69) is 73.6 Å². The first kappa shape index (κ1) is 14.3. The molecule has 0 bridgehead atoms. The summed E-state index contributed by atoms with van der Waals surface area (Å²) in [5.41, 5.74) is 4.58. The van der Waals surface area contributed by atoms with Crippen molar-refractivity contribution in [3.05, 3.63) is 71.3 Å². The molecule has 21 heavy (non-hydrogen) atoms. The zero-order valence-electron chi connectivity index (χ0n) is 13.1. The number of aryl methyl sites for hydroxylation is 1. The second kappa shape index (κ2) is 6.44. The van der Waals surface area contributed by atoms with E-state index in [0.717, 1.165) is 5.92 Å². The monoisotopic (exact) mass is 279 g/mol. The number of hydrogen-bond acceptors (Lipinski definition) is 1. The van der Waals surface area contributed by atoms with Crippen molar-refractivity contribution in [1.29, 1.82) is 0 Å². The highest BCUT2D eigenvalue weighted by atomic mass is 15.0. The van der Waals surface area contributed by atoms with Crippen LogP contribution in [0, 0.1) is 5.92 Å². The summed E-state index contributed by atoms with van der Waals surface area (Å²) in [6.07, 6.45) is 3.82. The number of fused-ring (bicyclic) bond motifs is 1. The van der Waals surface area contributed by atoms with Crippen molar-refractivity contribution < 1.29 is 0 Å². The largest absolute Gasteiger partial charge is 0.309 e. The highest BCUT2D eigenvalue weighted by Gasteiger charge is 2.30. The highest BCUT2D eigenvalue weighted by Crippen LogP contribution is 2.42. The molecule has 1 aliphatic carbocycles. The molecule has 1 aliphatic rings. The van der Waals surface area contributed by atoms with E-state index in [0.29, 0.717) is 5.92 Å². The second-order valence-corrected chi connectivity index (χ2v) is 6.48. The standard InChI is InChI=1S/C20H25N/c1-21(2)15-14-18-13-12-16-8-6-7-11-19(16)20(18)17-9-4-3-5-10-17/h3-11,18,20H,12-15H2,1-2H3/t18-,20+/m1/s1. The number of hydrogen-bond donors (Lipinski definition) is 0. The van der Waals surface area contributed by atoms with E-state index in [1.807, 2.05) is 0 Å². The van der Waals surface area contributed by atoms with Gasteiger partial charge in [-0.25, -0.2) is 0 Å². The third kappa shape index (κ3) is 3.19. The van der Waals surface area contributed by atoms with Gasteiger partial charge >= 0.3 is 0 Å². The van der Waals surface area contributed by atoms with Gasteiger partial charge in [-0.2, -0.15) is 0 Å². The Balaban J connectivity index is 1.95. The van der Waals surface area contributed by atoms with Crippen LogP contribution in [-0.4, -0.2) is 25.5 Å². The fourth-order valence-corrected chi connectivity index (χ4v) is 3.67. The Morgan fingerprint density at radius 3 is 2.43 bits per heavy atom. The summed E-state index contributed by atoms with van der Waals surface area (Å²) >= 11 is 0. The molecule has 0 spiro atoms. The molecule has 0 amide bonds. The Labute approximate surface area is 128 Å². The third-order valence-electron chi connectivity index (χ3n) is 4.75. The topological polar surface area (TPSA) is 3.24 Å². The average Bonchev–Trinajstić information content (AvgIpc) is 2.53. The summed E-state index contributed by atoms with van der Waals surface area (Å²) in [4.78, 5) is 2.31. The fourth-order valence-electron chi connectivity index (χ4n) is 3.67. The molecule has 0 heterocycles. The van der Waals surface area contributed by atoms with Gasteiger partial charge in [-0.1, -0.05) is 54.6 Å². The maximum atomic E-state index is 2.34. The molecular formula is C20H25N. The van der Waals surface area contributed by atoms with Crippen molar-refractivity contribution in [2.45, 2.75) is 25.2 Å². The fraction of sp³-hybridized carbons (Fsp3) is 0.400. The number of nitrogens with zero attached hydrogens (tertiary/aromatic N) is 1. The molecule has 2 aromatic carbocycles. The quantitative estimate of drug-likeness (QED) is 0.805. The molecule has 0 fully saturated rings. The molecule has 110 valence electrons. The number of rotatable bonds is 4. The summed E-state index contributed by atoms with van der Waals surface area (Å²) in [7, 11) is 4.35. The van der Waals surface area contributed by atoms with Gasteiger partial charge < -0.3 is 4.90 Å². The lowest BCUT2D eigenvalue weighted by molar-refractivity contribution is 0.311. The molecule has 3 rings (SSSR count). The van der Waals surface area contributed by atoms with Crippen LogP contribution in [0.15, 0.2) is 54.6 Å². The lowest BCUT2D eigenvalue weighted by Gasteiger charge is -2.35. The van der Waals surface area contributed by atoms with Crippen LogP contribution in [-0.2, 0) is 6.42 Å². The normalized spacial score (nSPS) is 21.3. The zero-order valence-corrected chi connectivity index (χ0v) is 13.1. The lowest BCUT2D eigenvalue weighted by Crippen LogP contribution is -2.25. The summed E-state index contributed by atoms with van der Waals surface area (Å²) < 4.78 is 0. The van der Waals surface area contributed by atoms with E-state index in [4.69, 9.17) is 0 Å². The maximum absolute atomic E-state index is 2.34. The van der Waals surface area contributed by atoms with E-state index in [-0.39, 0.29) is 0 Å². The van der Waals surface area contributed by atoms with Gasteiger partial charge in [-0.15, -0.1) is 0 Å². The molecule has 0 aromatic heterocycles. The number of benzene rings is 2. The Morgan fingerprint density at radius 2 is 1.67 bits per heavy atom. The highest BCUT2D eigenvalue weighted by molar-refractivity contribution is 5.40. The van der Waals surface area contributed by atoms with Crippen molar-refractivity contribution in [3.8, 4) is 0 Å². The second-order valence-electron chi connectivity index (χ2n) is 6.48. The molecule has 0 radical (unpaired) electrons. The molecular weight excluding hydrogens is 254 g/mol. The first-order valence-corrected chi connectivity index (χ1v) is 8.03. The molecule has 2 aromatic rings. The van der Waals surface area contributed by atoms with Crippen molar-refractivity contribution in [1.82, 2.24) is 4.90 Å². The molecule has 0 N–H and O–H groups in total. The van der Waals surface area contributed by atoms with Gasteiger partial charge in [0.05, 0.1) is 0 Å². The van der Waals surface area contributed by atoms with Gasteiger partial charge in [0.25, 0.3) is 0 Å². The summed E-state index contributed by atoms with van der Waals surface area (Å²) in [5, 5.41) is 0. The summed E-state index contributed by atoms with van der Waals surface area (Å²) in [5.74, 6) is 1.32. The van der Waals surface area contributed by atoms with Crippen LogP contribution in [0.1, 0.15) is 35.4 Å². The Bertz CT molecular complexity index is 573. The van der Waals surface area contributed by atoms with Gasteiger partial charge in [-0.3, -0.25) is 0 Å². The van der Waals surface area contributed by atoms with E-state index < -0.39 is 0 Å². The predicted molar refractivity (Wildman–Crippen MR) is 89.7 cm³/mol. The first-order valence-electron chi connectivity index (χ1n) is 8.03. The molecule has 1 heteroatoms.